The van der Waals surface area contributed by atoms with E-state index in [9.17, 15) is 27.7 Å². The van der Waals surface area contributed by atoms with E-state index < -0.39 is 45.9 Å². The summed E-state index contributed by atoms with van der Waals surface area (Å²) >= 11 is 6.17. The summed E-state index contributed by atoms with van der Waals surface area (Å²) in [4.78, 5) is 53.0. The first-order valence-electron chi connectivity index (χ1n) is 12.7. The predicted molar refractivity (Wildman–Crippen MR) is 156 cm³/mol. The van der Waals surface area contributed by atoms with Gasteiger partial charge in [0.05, 0.1) is 16.2 Å². The van der Waals surface area contributed by atoms with Gasteiger partial charge >= 0.3 is 6.03 Å². The highest BCUT2D eigenvalue weighted by atomic mass is 35.5. The number of Topliss-reactive ketones (excluding diaryl/α,β-unsaturated/α-hetero) is 1. The van der Waals surface area contributed by atoms with Crippen LogP contribution in [0.1, 0.15) is 50.3 Å². The zero-order chi connectivity index (χ0) is 29.6. The fraction of sp³-hybridized carbons (Fsp3) is 0.423. The van der Waals surface area contributed by atoms with Crippen LogP contribution in [0.4, 0.5) is 4.79 Å². The fourth-order valence-electron chi connectivity index (χ4n) is 4.86. The quantitative estimate of drug-likeness (QED) is 0.238. The van der Waals surface area contributed by atoms with Gasteiger partial charge in [-0.05, 0) is 60.6 Å². The average molecular weight is 630 g/mol. The minimum absolute atomic E-state index is 0. The lowest BCUT2D eigenvalue weighted by atomic mass is 9.92. The number of carbonyl (C=O) groups is 3. The van der Waals surface area contributed by atoms with Gasteiger partial charge in [-0.15, -0.1) is 17.3 Å². The molecule has 41 heavy (non-hydrogen) atoms. The summed E-state index contributed by atoms with van der Waals surface area (Å²) in [5.41, 5.74) is 11.8. The molecule has 0 saturated carbocycles. The molecule has 2 aromatic rings. The molecule has 1 heterocycles. The number of sulfonamides is 1. The van der Waals surface area contributed by atoms with Crippen LogP contribution in [0.2, 0.25) is 5.02 Å². The van der Waals surface area contributed by atoms with E-state index in [2.05, 4.69) is 10.0 Å². The third-order valence-corrected chi connectivity index (χ3v) is 8.39. The van der Waals surface area contributed by atoms with Gasteiger partial charge in [-0.2, -0.15) is 9.73 Å². The van der Waals surface area contributed by atoms with Crippen molar-refractivity contribution >= 4 is 51.8 Å². The van der Waals surface area contributed by atoms with Gasteiger partial charge in [-0.25, -0.2) is 13.2 Å². The van der Waals surface area contributed by atoms with Gasteiger partial charge in [-0.1, -0.05) is 49.7 Å². The van der Waals surface area contributed by atoms with Crippen LogP contribution in [0.15, 0.2) is 58.7 Å². The van der Waals surface area contributed by atoms with Crippen molar-refractivity contribution in [3.8, 4) is 0 Å². The Morgan fingerprint density at radius 1 is 1.17 bits per heavy atom. The Hall–Kier alpha value is -3.10. The molecule has 12 nitrogen and oxygen atoms in total. The molecule has 1 aliphatic heterocycles. The van der Waals surface area contributed by atoms with Gasteiger partial charge in [0.25, 0.3) is 0 Å². The second kappa shape index (κ2) is 14.7. The van der Waals surface area contributed by atoms with E-state index in [0.717, 1.165) is 0 Å². The van der Waals surface area contributed by atoms with Crippen molar-refractivity contribution in [2.75, 3.05) is 6.54 Å². The Labute approximate surface area is 250 Å². The summed E-state index contributed by atoms with van der Waals surface area (Å²) in [6.45, 7) is 3.79. The average Bonchev–Trinajstić information content (AvgIpc) is 3.40. The Morgan fingerprint density at radius 3 is 2.39 bits per heavy atom. The van der Waals surface area contributed by atoms with Crippen LogP contribution >= 0.6 is 24.0 Å². The van der Waals surface area contributed by atoms with Crippen LogP contribution < -0.4 is 16.2 Å². The molecule has 3 amide bonds. The molecule has 1 saturated heterocycles. The molecule has 2 aromatic carbocycles. The van der Waals surface area contributed by atoms with E-state index in [-0.39, 0.29) is 59.7 Å². The minimum Gasteiger partial charge on any atom is -0.350 e. The molecule has 1 aliphatic rings. The second-order valence-electron chi connectivity index (χ2n) is 9.92. The highest BCUT2D eigenvalue weighted by Crippen LogP contribution is 2.33. The van der Waals surface area contributed by atoms with Crippen molar-refractivity contribution in [1.82, 2.24) is 14.6 Å². The molecule has 0 aromatic heterocycles. The van der Waals surface area contributed by atoms with E-state index in [1.54, 1.807) is 30.3 Å². The maximum absolute atomic E-state index is 14.0. The lowest BCUT2D eigenvalue weighted by Gasteiger charge is -2.33. The molecule has 3 atom stereocenters. The van der Waals surface area contributed by atoms with Gasteiger partial charge in [0.1, 0.15) is 12.1 Å². The number of urea groups is 1. The van der Waals surface area contributed by atoms with Crippen molar-refractivity contribution in [3.05, 3.63) is 69.6 Å². The first-order chi connectivity index (χ1) is 18.9. The second-order valence-corrected chi connectivity index (χ2v) is 12.1. The Balaban J connectivity index is 0.00000588. The maximum Gasteiger partial charge on any atom is 0.338 e. The number of nitroso groups, excluding NO2 is 1. The molecule has 0 aliphatic carbocycles. The third-order valence-electron chi connectivity index (χ3n) is 6.67. The molecule has 15 heteroatoms. The summed E-state index contributed by atoms with van der Waals surface area (Å²) in [5.74, 6) is -1.37. The van der Waals surface area contributed by atoms with Crippen LogP contribution in [0.5, 0.6) is 0 Å². The molecule has 1 unspecified atom stereocenters. The van der Waals surface area contributed by atoms with Crippen molar-refractivity contribution < 1.29 is 22.8 Å². The molecule has 0 radical (unpaired) electrons. The monoisotopic (exact) mass is 628 g/mol. The lowest BCUT2D eigenvalue weighted by Crippen LogP contribution is -2.54. The minimum atomic E-state index is -4.06. The summed E-state index contributed by atoms with van der Waals surface area (Å²) in [6.07, 6.45) is 0.810. The molecule has 224 valence electrons. The number of hydrogen-bond donors (Lipinski definition) is 3. The fourth-order valence-corrected chi connectivity index (χ4v) is 6.26. The molecule has 5 N–H and O–H groups in total. The number of carbonyl (C=O) groups excluding carboxylic acids is 3. The molecule has 3 rings (SSSR count). The van der Waals surface area contributed by atoms with E-state index in [1.807, 2.05) is 13.8 Å². The van der Waals surface area contributed by atoms with Crippen molar-refractivity contribution in [1.29, 1.82) is 0 Å². The Bertz CT molecular complexity index is 1360. The van der Waals surface area contributed by atoms with Gasteiger partial charge < -0.3 is 16.4 Å². The van der Waals surface area contributed by atoms with E-state index >= 15 is 0 Å². The zero-order valence-corrected chi connectivity index (χ0v) is 25.0. The normalized spacial score (nSPS) is 16.5. The van der Waals surface area contributed by atoms with E-state index in [0.29, 0.717) is 17.0 Å². The summed E-state index contributed by atoms with van der Waals surface area (Å²) in [6, 6.07) is 6.98. The molecule has 0 spiro atoms. The zero-order valence-electron chi connectivity index (χ0n) is 22.6. The SMILES string of the molecule is CC(C)C[C@@H](NS(=O)(=O)c1ccccc1)C(=O)N1CCC[C@H]1C(=O)C(c1cc(Cl)ccc1CN)N(N=O)C(N)=O.Cl. The number of nitrogens with two attached hydrogens (primary N) is 2. The van der Waals surface area contributed by atoms with Crippen LogP contribution in [0.25, 0.3) is 0 Å². The number of halogens is 2. The van der Waals surface area contributed by atoms with Crippen LogP contribution in [0.3, 0.4) is 0 Å². The highest BCUT2D eigenvalue weighted by molar-refractivity contribution is 7.89. The van der Waals surface area contributed by atoms with E-state index in [4.69, 9.17) is 23.1 Å². The standard InChI is InChI=1S/C26H33ClN6O6S.ClH/c1-16(2)13-21(30-40(38,39)19-7-4-3-5-8-19)25(35)32-12-6-9-22(32)24(34)23(33(31-37)26(29)36)20-14-18(27)11-10-17(20)15-28;/h3-5,7-8,10-11,14,16,21-23,30H,6,9,12-13,15,28H2,1-2H3,(H2,29,36);1H/t21-,22+,23?;/m1./s1. The largest absolute Gasteiger partial charge is 0.350 e. The number of nitrogens with zero attached hydrogens (tertiary/aromatic N) is 3. The molecule has 1 fully saturated rings. The number of primary amides is 1. The molecule has 0 bridgehead atoms. The van der Waals surface area contributed by atoms with Crippen molar-refractivity contribution in [2.45, 2.75) is 62.7 Å². The number of ketones is 1. The van der Waals surface area contributed by atoms with Crippen LogP contribution in [-0.4, -0.2) is 54.7 Å². The third kappa shape index (κ3) is 8.01. The summed E-state index contributed by atoms with van der Waals surface area (Å²) in [7, 11) is -4.06. The molecular formula is C26H34Cl2N6O6S. The summed E-state index contributed by atoms with van der Waals surface area (Å²) < 4.78 is 28.7. The van der Waals surface area contributed by atoms with Crippen LogP contribution in [0, 0.1) is 10.8 Å². The van der Waals surface area contributed by atoms with E-state index in [1.165, 1.54) is 23.1 Å². The number of rotatable bonds is 12. The Morgan fingerprint density at radius 2 is 1.83 bits per heavy atom. The number of benzene rings is 2. The van der Waals surface area contributed by atoms with Gasteiger partial charge in [0, 0.05) is 18.1 Å². The number of hydrogen-bond acceptors (Lipinski definition) is 8. The van der Waals surface area contributed by atoms with Gasteiger partial charge in [-0.3, -0.25) is 9.59 Å². The number of nitrogens with one attached hydrogen (secondary N) is 1. The van der Waals surface area contributed by atoms with Crippen LogP contribution in [-0.2, 0) is 26.2 Å². The van der Waals surface area contributed by atoms with Crippen molar-refractivity contribution in [3.63, 3.8) is 0 Å². The summed E-state index contributed by atoms with van der Waals surface area (Å²) in [5, 5.41) is 3.22. The van der Waals surface area contributed by atoms with Gasteiger partial charge in [0.15, 0.2) is 5.78 Å². The highest BCUT2D eigenvalue weighted by Gasteiger charge is 2.44. The number of amides is 3. The lowest BCUT2D eigenvalue weighted by molar-refractivity contribution is -0.140. The molecular weight excluding hydrogens is 595 g/mol. The first-order valence-corrected chi connectivity index (χ1v) is 14.6. The Kier molecular flexibility index (Phi) is 12.2. The smallest absolute Gasteiger partial charge is 0.338 e. The predicted octanol–water partition coefficient (Wildman–Crippen LogP) is 3.28. The van der Waals surface area contributed by atoms with Crippen molar-refractivity contribution in [2.24, 2.45) is 22.7 Å². The van der Waals surface area contributed by atoms with Gasteiger partial charge in [0.2, 0.25) is 15.9 Å². The maximum atomic E-state index is 14.0. The first kappa shape index (κ1) is 34.1. The topological polar surface area (TPSA) is 185 Å². The number of likely N-dealkylation sites (tertiary alicyclic amines) is 1.